The van der Waals surface area contributed by atoms with E-state index >= 15 is 0 Å². The van der Waals surface area contributed by atoms with Crippen LogP contribution in [0.3, 0.4) is 0 Å². The quantitative estimate of drug-likeness (QED) is 0.452. The number of aliphatic hydroxyl groups excluding tert-OH is 3. The Morgan fingerprint density at radius 2 is 1.80 bits per heavy atom. The third kappa shape index (κ3) is 1.14. The van der Waals surface area contributed by atoms with Crippen molar-refractivity contribution in [3.05, 3.63) is 0 Å². The van der Waals surface area contributed by atoms with Crippen molar-refractivity contribution >= 4 is 0 Å². The molecule has 0 aromatic carbocycles. The Balaban J connectivity index is 2.53. The summed E-state index contributed by atoms with van der Waals surface area (Å²) in [5.41, 5.74) is 0. The summed E-state index contributed by atoms with van der Waals surface area (Å²) in [5.74, 6) is -0.593. The Labute approximate surface area is 58.1 Å². The third-order valence-electron chi connectivity index (χ3n) is 1.97. The molecule has 60 valence electrons. The highest BCUT2D eigenvalue weighted by molar-refractivity contribution is 4.90. The minimum absolute atomic E-state index is 0.152. The minimum Gasteiger partial charge on any atom is -0.390 e. The second kappa shape index (κ2) is 2.82. The van der Waals surface area contributed by atoms with Gasteiger partial charge in [0.05, 0.1) is 18.9 Å². The molecule has 0 aromatic rings. The molecule has 0 spiro atoms. The molecule has 0 heterocycles. The predicted molar refractivity (Wildman–Crippen MR) is 32.1 cm³/mol. The van der Waals surface area contributed by atoms with Crippen molar-refractivity contribution in [3.63, 3.8) is 0 Å². The van der Waals surface area contributed by atoms with Gasteiger partial charge in [-0.25, -0.2) is 0 Å². The van der Waals surface area contributed by atoms with Crippen LogP contribution in [0.5, 0.6) is 0 Å². The Hall–Kier alpha value is -0.190. The van der Waals surface area contributed by atoms with E-state index in [0.717, 1.165) is 0 Å². The van der Waals surface area contributed by atoms with Gasteiger partial charge in [-0.05, 0) is 6.42 Å². The molecule has 1 fully saturated rings. The number of alkyl halides is 1. The number of rotatable bonds is 1. The van der Waals surface area contributed by atoms with E-state index in [2.05, 4.69) is 0 Å². The van der Waals surface area contributed by atoms with Crippen LogP contribution in [0.2, 0.25) is 0 Å². The van der Waals surface area contributed by atoms with Crippen LogP contribution in [0, 0.1) is 5.92 Å². The third-order valence-corrected chi connectivity index (χ3v) is 1.97. The maximum Gasteiger partial charge on any atom is 0.106 e. The highest BCUT2D eigenvalue weighted by Crippen LogP contribution is 2.26. The summed E-state index contributed by atoms with van der Waals surface area (Å²) in [4.78, 5) is 0. The van der Waals surface area contributed by atoms with E-state index in [1.807, 2.05) is 0 Å². The summed E-state index contributed by atoms with van der Waals surface area (Å²) in [7, 11) is 0. The molecule has 1 saturated carbocycles. The lowest BCUT2D eigenvalue weighted by Gasteiger charge is -2.12. The Kier molecular flexibility index (Phi) is 2.23. The van der Waals surface area contributed by atoms with E-state index in [0.29, 0.717) is 0 Å². The van der Waals surface area contributed by atoms with Gasteiger partial charge in [-0.3, -0.25) is 4.39 Å². The lowest BCUT2D eigenvalue weighted by atomic mass is 10.1. The predicted octanol–water partition coefficient (Wildman–Crippen LogP) is -0.942. The molecule has 1 aliphatic carbocycles. The largest absolute Gasteiger partial charge is 0.390 e. The van der Waals surface area contributed by atoms with Crippen molar-refractivity contribution in [1.29, 1.82) is 0 Å². The monoisotopic (exact) mass is 150 g/mol. The standard InChI is InChI=1S/C6H11FO3/c7-2-3-1-4(8)6(10)5(3)9/h3-6,8-10H,1-2H2. The summed E-state index contributed by atoms with van der Waals surface area (Å²) < 4.78 is 11.9. The van der Waals surface area contributed by atoms with Gasteiger partial charge in [-0.15, -0.1) is 0 Å². The summed E-state index contributed by atoms with van der Waals surface area (Å²) in [6.07, 6.45) is -3.07. The molecule has 0 aromatic heterocycles. The van der Waals surface area contributed by atoms with Crippen LogP contribution in [0.1, 0.15) is 6.42 Å². The van der Waals surface area contributed by atoms with Crippen LogP contribution >= 0.6 is 0 Å². The molecule has 0 aliphatic heterocycles. The van der Waals surface area contributed by atoms with Gasteiger partial charge < -0.3 is 15.3 Å². The van der Waals surface area contributed by atoms with Gasteiger partial charge in [0, 0.05) is 5.92 Å². The van der Waals surface area contributed by atoms with E-state index in [-0.39, 0.29) is 6.42 Å². The molecule has 3 N–H and O–H groups in total. The van der Waals surface area contributed by atoms with E-state index in [9.17, 15) is 4.39 Å². The van der Waals surface area contributed by atoms with E-state index in [1.165, 1.54) is 0 Å². The lowest BCUT2D eigenvalue weighted by Crippen LogP contribution is -2.30. The Bertz CT molecular complexity index is 120. The van der Waals surface area contributed by atoms with Crippen LogP contribution in [-0.4, -0.2) is 40.3 Å². The highest BCUT2D eigenvalue weighted by Gasteiger charge is 2.40. The van der Waals surface area contributed by atoms with Gasteiger partial charge in [-0.2, -0.15) is 0 Å². The topological polar surface area (TPSA) is 60.7 Å². The van der Waals surface area contributed by atoms with Crippen molar-refractivity contribution < 1.29 is 19.7 Å². The van der Waals surface area contributed by atoms with Gasteiger partial charge in [0.2, 0.25) is 0 Å². The molecule has 0 bridgehead atoms. The van der Waals surface area contributed by atoms with E-state index < -0.39 is 30.9 Å². The van der Waals surface area contributed by atoms with Gasteiger partial charge in [0.25, 0.3) is 0 Å². The molecule has 3 nitrogen and oxygen atoms in total. The molecule has 1 aliphatic rings. The first-order valence-corrected chi connectivity index (χ1v) is 3.27. The number of hydrogen-bond acceptors (Lipinski definition) is 3. The smallest absolute Gasteiger partial charge is 0.106 e. The van der Waals surface area contributed by atoms with Crippen molar-refractivity contribution in [2.24, 2.45) is 5.92 Å². The summed E-state index contributed by atoms with van der Waals surface area (Å²) >= 11 is 0. The number of hydrogen-bond donors (Lipinski definition) is 3. The molecule has 1 rings (SSSR count). The van der Waals surface area contributed by atoms with Gasteiger partial charge >= 0.3 is 0 Å². The molecule has 4 atom stereocenters. The second-order valence-electron chi connectivity index (χ2n) is 2.70. The maximum atomic E-state index is 11.9. The van der Waals surface area contributed by atoms with Crippen molar-refractivity contribution in [2.45, 2.75) is 24.7 Å². The van der Waals surface area contributed by atoms with Crippen LogP contribution in [0.25, 0.3) is 0 Å². The molecule has 4 heteroatoms. The van der Waals surface area contributed by atoms with Crippen molar-refractivity contribution in [3.8, 4) is 0 Å². The van der Waals surface area contributed by atoms with Gasteiger partial charge in [-0.1, -0.05) is 0 Å². The summed E-state index contributed by atoms with van der Waals surface area (Å²) in [6.45, 7) is -0.685. The molecular formula is C6H11FO3. The molecule has 0 radical (unpaired) electrons. The van der Waals surface area contributed by atoms with Crippen LogP contribution in [0.15, 0.2) is 0 Å². The van der Waals surface area contributed by atoms with Crippen LogP contribution < -0.4 is 0 Å². The first-order valence-electron chi connectivity index (χ1n) is 3.27. The van der Waals surface area contributed by atoms with E-state index in [4.69, 9.17) is 15.3 Å². The average Bonchev–Trinajstić information content (AvgIpc) is 2.17. The Morgan fingerprint density at radius 1 is 1.20 bits per heavy atom. The zero-order chi connectivity index (χ0) is 7.72. The maximum absolute atomic E-state index is 11.9. The van der Waals surface area contributed by atoms with Crippen molar-refractivity contribution in [2.75, 3.05) is 6.67 Å². The van der Waals surface area contributed by atoms with Crippen molar-refractivity contribution in [1.82, 2.24) is 0 Å². The number of aliphatic hydroxyl groups is 3. The first kappa shape index (κ1) is 7.91. The molecule has 4 unspecified atom stereocenters. The normalized spacial score (nSPS) is 48.0. The number of halogens is 1. The highest BCUT2D eigenvalue weighted by atomic mass is 19.1. The molecule has 10 heavy (non-hydrogen) atoms. The fourth-order valence-electron chi connectivity index (χ4n) is 1.25. The SMILES string of the molecule is OC1CC(CF)C(O)C1O. The summed E-state index contributed by atoms with van der Waals surface area (Å²) in [6, 6.07) is 0. The lowest BCUT2D eigenvalue weighted by molar-refractivity contribution is -0.0275. The van der Waals surface area contributed by atoms with E-state index in [1.54, 1.807) is 0 Å². The van der Waals surface area contributed by atoms with Crippen LogP contribution in [-0.2, 0) is 0 Å². The zero-order valence-electron chi connectivity index (χ0n) is 5.44. The molecule has 0 amide bonds. The zero-order valence-corrected chi connectivity index (χ0v) is 5.44. The van der Waals surface area contributed by atoms with Crippen LogP contribution in [0.4, 0.5) is 4.39 Å². The van der Waals surface area contributed by atoms with Gasteiger partial charge in [0.15, 0.2) is 0 Å². The fourth-order valence-corrected chi connectivity index (χ4v) is 1.25. The summed E-state index contributed by atoms with van der Waals surface area (Å²) in [5, 5.41) is 26.8. The molecular weight excluding hydrogens is 139 g/mol. The molecule has 0 saturated heterocycles. The Morgan fingerprint density at radius 3 is 2.00 bits per heavy atom. The second-order valence-corrected chi connectivity index (χ2v) is 2.70. The first-order chi connectivity index (χ1) is 4.66. The minimum atomic E-state index is -1.17. The average molecular weight is 150 g/mol. The fraction of sp³-hybridized carbons (Fsp3) is 1.00. The van der Waals surface area contributed by atoms with Gasteiger partial charge in [0.1, 0.15) is 6.10 Å².